The predicted octanol–water partition coefficient (Wildman–Crippen LogP) is 12.1. The SMILES string of the molecule is C=C1/C=C\C=C/CN(c2cc(-c3ccccc3)nc(-c3ccccc3)n2)c2cc3c(cc21)oc1cc2c(cc13)c1ccccc1n2-c1ccccc1. The highest BCUT2D eigenvalue weighted by Crippen LogP contribution is 2.43. The third-order valence-corrected chi connectivity index (χ3v) is 9.96. The fraction of sp³-hybridized carbons (Fsp3) is 0.0213. The minimum atomic E-state index is 0.597. The number of aromatic nitrogens is 3. The molecule has 0 saturated carbocycles. The summed E-state index contributed by atoms with van der Waals surface area (Å²) in [5.41, 5.74) is 10.8. The monoisotopic (exact) mass is 668 g/mol. The lowest BCUT2D eigenvalue weighted by Gasteiger charge is -2.26. The average molecular weight is 669 g/mol. The highest BCUT2D eigenvalue weighted by atomic mass is 16.3. The Labute approximate surface area is 300 Å². The Bertz CT molecular complexity index is 2820. The van der Waals surface area contributed by atoms with Crippen molar-refractivity contribution in [1.82, 2.24) is 14.5 Å². The number of anilines is 2. The lowest BCUT2D eigenvalue weighted by Crippen LogP contribution is -2.20. The van der Waals surface area contributed by atoms with Gasteiger partial charge in [-0.15, -0.1) is 0 Å². The molecule has 0 bridgehead atoms. The summed E-state index contributed by atoms with van der Waals surface area (Å²) in [6, 6.07) is 50.6. The Morgan fingerprint density at radius 3 is 2.08 bits per heavy atom. The maximum atomic E-state index is 6.72. The van der Waals surface area contributed by atoms with Crippen molar-refractivity contribution in [2.24, 2.45) is 0 Å². The minimum Gasteiger partial charge on any atom is -0.456 e. The number of hydrogen-bond donors (Lipinski definition) is 0. The van der Waals surface area contributed by atoms with E-state index < -0.39 is 0 Å². The maximum Gasteiger partial charge on any atom is 0.162 e. The van der Waals surface area contributed by atoms with Crippen molar-refractivity contribution in [2.45, 2.75) is 0 Å². The molecule has 4 heterocycles. The van der Waals surface area contributed by atoms with Crippen LogP contribution in [0.5, 0.6) is 0 Å². The van der Waals surface area contributed by atoms with Crippen LogP contribution in [0, 0.1) is 0 Å². The van der Waals surface area contributed by atoms with Crippen LogP contribution in [-0.4, -0.2) is 21.1 Å². The van der Waals surface area contributed by atoms with Crippen molar-refractivity contribution in [2.75, 3.05) is 11.4 Å². The van der Waals surface area contributed by atoms with Gasteiger partial charge in [-0.25, -0.2) is 9.97 Å². The largest absolute Gasteiger partial charge is 0.456 e. The highest BCUT2D eigenvalue weighted by Gasteiger charge is 2.23. The third-order valence-electron chi connectivity index (χ3n) is 9.96. The molecule has 6 aromatic carbocycles. The number of para-hydroxylation sites is 2. The molecule has 10 rings (SSSR count). The second kappa shape index (κ2) is 12.1. The van der Waals surface area contributed by atoms with E-state index in [-0.39, 0.29) is 0 Å². The van der Waals surface area contributed by atoms with Crippen LogP contribution in [0.25, 0.3) is 77.7 Å². The topological polar surface area (TPSA) is 47.1 Å². The van der Waals surface area contributed by atoms with Gasteiger partial charge in [0.2, 0.25) is 0 Å². The van der Waals surface area contributed by atoms with Gasteiger partial charge in [0.05, 0.1) is 22.4 Å². The van der Waals surface area contributed by atoms with Crippen LogP contribution in [0.15, 0.2) is 181 Å². The second-order valence-corrected chi connectivity index (χ2v) is 13.1. The van der Waals surface area contributed by atoms with E-state index in [2.05, 4.69) is 143 Å². The van der Waals surface area contributed by atoms with E-state index in [0.717, 1.165) is 78.1 Å². The fourth-order valence-electron chi connectivity index (χ4n) is 7.48. The molecular formula is C47H32N4O. The van der Waals surface area contributed by atoms with Gasteiger partial charge in [0.1, 0.15) is 17.0 Å². The highest BCUT2D eigenvalue weighted by molar-refractivity contribution is 6.18. The molecule has 0 N–H and O–H groups in total. The van der Waals surface area contributed by atoms with Gasteiger partial charge >= 0.3 is 0 Å². The molecular weight excluding hydrogens is 637 g/mol. The van der Waals surface area contributed by atoms with E-state index in [1.165, 1.54) is 10.8 Å². The van der Waals surface area contributed by atoms with Crippen LogP contribution in [0.4, 0.5) is 11.5 Å². The number of nitrogens with zero attached hydrogens (tertiary/aromatic N) is 4. The zero-order chi connectivity index (χ0) is 34.6. The van der Waals surface area contributed by atoms with Crippen LogP contribution >= 0.6 is 0 Å². The molecule has 0 unspecified atom stereocenters. The molecule has 0 atom stereocenters. The van der Waals surface area contributed by atoms with Gasteiger partial charge in [-0.3, -0.25) is 0 Å². The minimum absolute atomic E-state index is 0.597. The van der Waals surface area contributed by atoms with E-state index in [1.807, 2.05) is 42.5 Å². The molecule has 1 aliphatic rings. The average Bonchev–Trinajstić information content (AvgIpc) is 3.74. The number of fused-ring (bicyclic) bond motifs is 7. The van der Waals surface area contributed by atoms with Crippen molar-refractivity contribution >= 4 is 60.8 Å². The lowest BCUT2D eigenvalue weighted by atomic mass is 10.00. The molecule has 1 aliphatic heterocycles. The standard InChI is InChI=1S/C47H32N4O/c1-31-16-6-5-15-25-50(46-29-40(32-17-7-2-8-18-32)48-47(49-46)33-19-9-3-10-20-33)42-27-39-38-26-37-35-23-13-14-24-41(35)51(34-21-11-4-12-22-34)43(37)30-45(38)52-44(39)28-36(31)42/h2-24,26-30H,1,25H2/b15-5-,16-6-. The second-order valence-electron chi connectivity index (χ2n) is 13.1. The van der Waals surface area contributed by atoms with E-state index in [9.17, 15) is 0 Å². The molecule has 5 nitrogen and oxygen atoms in total. The first-order valence-corrected chi connectivity index (χ1v) is 17.5. The molecule has 5 heteroatoms. The third kappa shape index (κ3) is 4.94. The Kier molecular flexibility index (Phi) is 6.96. The molecule has 3 aromatic heterocycles. The van der Waals surface area contributed by atoms with Gasteiger partial charge < -0.3 is 13.9 Å². The Morgan fingerprint density at radius 1 is 0.577 bits per heavy atom. The van der Waals surface area contributed by atoms with E-state index in [1.54, 1.807) is 0 Å². The number of furan rings is 1. The predicted molar refractivity (Wildman–Crippen MR) is 215 cm³/mol. The van der Waals surface area contributed by atoms with Gasteiger partial charge in [0.25, 0.3) is 0 Å². The summed E-state index contributed by atoms with van der Waals surface area (Å²) in [5, 5.41) is 4.49. The molecule has 246 valence electrons. The first-order valence-electron chi connectivity index (χ1n) is 17.5. The number of rotatable bonds is 4. The van der Waals surface area contributed by atoms with Crippen LogP contribution in [0.1, 0.15) is 5.56 Å². The van der Waals surface area contributed by atoms with E-state index in [4.69, 9.17) is 14.4 Å². The van der Waals surface area contributed by atoms with Crippen LogP contribution in [-0.2, 0) is 0 Å². The number of benzene rings is 6. The summed E-state index contributed by atoms with van der Waals surface area (Å²) in [6.07, 6.45) is 8.33. The summed E-state index contributed by atoms with van der Waals surface area (Å²) >= 11 is 0. The van der Waals surface area contributed by atoms with Gasteiger partial charge in [-0.05, 0) is 42.0 Å². The van der Waals surface area contributed by atoms with Gasteiger partial charge in [0, 0.05) is 62.6 Å². The van der Waals surface area contributed by atoms with Crippen molar-refractivity contribution in [1.29, 1.82) is 0 Å². The molecule has 0 saturated heterocycles. The summed E-state index contributed by atoms with van der Waals surface area (Å²) in [7, 11) is 0. The van der Waals surface area contributed by atoms with Crippen molar-refractivity contribution in [3.05, 3.63) is 182 Å². The Hall–Kier alpha value is -6.98. The van der Waals surface area contributed by atoms with Crippen molar-refractivity contribution in [3.8, 4) is 28.3 Å². The zero-order valence-corrected chi connectivity index (χ0v) is 28.3. The summed E-state index contributed by atoms with van der Waals surface area (Å²) in [5.74, 6) is 1.47. The molecule has 0 radical (unpaired) electrons. The van der Waals surface area contributed by atoms with Gasteiger partial charge in [0.15, 0.2) is 5.82 Å². The Balaban J connectivity index is 1.23. The lowest BCUT2D eigenvalue weighted by molar-refractivity contribution is 0.669. The van der Waals surface area contributed by atoms with Crippen molar-refractivity contribution < 1.29 is 4.42 Å². The Morgan fingerprint density at radius 2 is 1.27 bits per heavy atom. The van der Waals surface area contributed by atoms with Crippen LogP contribution < -0.4 is 4.90 Å². The van der Waals surface area contributed by atoms with Crippen molar-refractivity contribution in [3.63, 3.8) is 0 Å². The quantitative estimate of drug-likeness (QED) is 0.187. The zero-order valence-electron chi connectivity index (χ0n) is 28.3. The maximum absolute atomic E-state index is 6.72. The van der Waals surface area contributed by atoms with Gasteiger partial charge in [-0.1, -0.05) is 128 Å². The first kappa shape index (κ1) is 29.9. The first-order chi connectivity index (χ1) is 25.7. The summed E-state index contributed by atoms with van der Waals surface area (Å²) in [6.45, 7) is 5.11. The molecule has 0 spiro atoms. The molecule has 0 aliphatic carbocycles. The van der Waals surface area contributed by atoms with E-state index >= 15 is 0 Å². The summed E-state index contributed by atoms with van der Waals surface area (Å²) < 4.78 is 9.05. The number of allylic oxidation sites excluding steroid dienone is 4. The summed E-state index contributed by atoms with van der Waals surface area (Å²) in [4.78, 5) is 12.5. The van der Waals surface area contributed by atoms with Gasteiger partial charge in [-0.2, -0.15) is 0 Å². The molecule has 0 fully saturated rings. The fourth-order valence-corrected chi connectivity index (χ4v) is 7.48. The molecule has 9 aromatic rings. The normalized spacial score (nSPS) is 14.4. The van der Waals surface area contributed by atoms with E-state index in [0.29, 0.717) is 12.4 Å². The van der Waals surface area contributed by atoms with Crippen LogP contribution in [0.3, 0.4) is 0 Å². The molecule has 52 heavy (non-hydrogen) atoms. The molecule has 0 amide bonds. The van der Waals surface area contributed by atoms with Crippen LogP contribution in [0.2, 0.25) is 0 Å². The number of hydrogen-bond acceptors (Lipinski definition) is 4. The smallest absolute Gasteiger partial charge is 0.162 e.